The summed E-state index contributed by atoms with van der Waals surface area (Å²) >= 11 is 1.73. The molecule has 32 heavy (non-hydrogen) atoms. The molecule has 2 heterocycles. The van der Waals surface area contributed by atoms with Gasteiger partial charge in [-0.15, -0.1) is 11.3 Å². The van der Waals surface area contributed by atoms with E-state index in [9.17, 15) is 9.59 Å². The minimum absolute atomic E-state index is 0.0149. The van der Waals surface area contributed by atoms with E-state index in [-0.39, 0.29) is 24.2 Å². The molecule has 168 valence electrons. The average molecular weight is 451 g/mol. The minimum Gasteiger partial charge on any atom is -0.344 e. The number of benzene rings is 2. The molecule has 1 atom stereocenters. The number of hydrogen-bond acceptors (Lipinski definition) is 5. The number of rotatable bonds is 7. The van der Waals surface area contributed by atoms with Crippen LogP contribution in [0.15, 0.2) is 54.6 Å². The molecule has 0 saturated carbocycles. The summed E-state index contributed by atoms with van der Waals surface area (Å²) in [5.41, 5.74) is 2.00. The maximum atomic E-state index is 13.2. The van der Waals surface area contributed by atoms with Crippen LogP contribution in [0.3, 0.4) is 0 Å². The van der Waals surface area contributed by atoms with Gasteiger partial charge in [0.2, 0.25) is 11.8 Å². The second kappa shape index (κ2) is 10.2. The largest absolute Gasteiger partial charge is 0.344 e. The van der Waals surface area contributed by atoms with Crippen LogP contribution in [0.5, 0.6) is 0 Å². The molecule has 1 fully saturated rings. The van der Waals surface area contributed by atoms with Gasteiger partial charge in [0.05, 0.1) is 23.2 Å². The molecule has 0 aliphatic carbocycles. The zero-order valence-electron chi connectivity index (χ0n) is 18.7. The first-order valence-electron chi connectivity index (χ1n) is 11.2. The lowest BCUT2D eigenvalue weighted by molar-refractivity contribution is -0.139. The number of nitrogens with one attached hydrogen (secondary N) is 1. The highest BCUT2D eigenvalue weighted by molar-refractivity contribution is 7.18. The number of amides is 2. The zero-order chi connectivity index (χ0) is 22.5. The Labute approximate surface area is 193 Å². The molecule has 0 unspecified atom stereocenters. The summed E-state index contributed by atoms with van der Waals surface area (Å²) < 4.78 is 1.21. The number of piperazine rings is 1. The van der Waals surface area contributed by atoms with Gasteiger partial charge in [0.25, 0.3) is 0 Å². The first-order chi connectivity index (χ1) is 15.5. The summed E-state index contributed by atoms with van der Waals surface area (Å²) in [6.45, 7) is 7.73. The quantitative estimate of drug-likeness (QED) is 0.600. The van der Waals surface area contributed by atoms with Crippen LogP contribution >= 0.6 is 11.3 Å². The predicted molar refractivity (Wildman–Crippen MR) is 128 cm³/mol. The number of fused-ring (bicyclic) bond motifs is 1. The van der Waals surface area contributed by atoms with E-state index in [1.54, 1.807) is 11.3 Å². The highest BCUT2D eigenvalue weighted by atomic mass is 32.1. The van der Waals surface area contributed by atoms with Crippen LogP contribution < -0.4 is 5.32 Å². The molecule has 1 aromatic heterocycles. The summed E-state index contributed by atoms with van der Waals surface area (Å²) in [6, 6.07) is 17.3. The lowest BCUT2D eigenvalue weighted by Crippen LogP contribution is -2.56. The fraction of sp³-hybridized carbons (Fsp3) is 0.400. The number of carbonyl (C=O) groups excluding carboxylic acids is 2. The van der Waals surface area contributed by atoms with Gasteiger partial charge in [0.1, 0.15) is 11.0 Å². The molecular weight excluding hydrogens is 420 g/mol. The minimum atomic E-state index is -0.498. The molecule has 7 heteroatoms. The van der Waals surface area contributed by atoms with Gasteiger partial charge in [-0.3, -0.25) is 14.5 Å². The molecule has 1 aliphatic heterocycles. The van der Waals surface area contributed by atoms with Gasteiger partial charge in [-0.05, 0) is 23.6 Å². The third kappa shape index (κ3) is 5.53. The molecule has 0 radical (unpaired) electrons. The van der Waals surface area contributed by atoms with Crippen LogP contribution in [0.2, 0.25) is 0 Å². The smallest absolute Gasteiger partial charge is 0.245 e. The van der Waals surface area contributed by atoms with Crippen LogP contribution in [0, 0.1) is 5.92 Å². The summed E-state index contributed by atoms with van der Waals surface area (Å²) in [5.74, 6) is -0.0678. The first kappa shape index (κ1) is 22.4. The molecule has 1 aliphatic rings. The molecular formula is C25H30N4O2S. The van der Waals surface area contributed by atoms with Crippen molar-refractivity contribution < 1.29 is 9.59 Å². The summed E-state index contributed by atoms with van der Waals surface area (Å²) in [4.78, 5) is 34.7. The molecule has 1 N–H and O–H groups in total. The molecule has 1 saturated heterocycles. The van der Waals surface area contributed by atoms with E-state index in [0.29, 0.717) is 13.1 Å². The first-order valence-corrected chi connectivity index (χ1v) is 12.0. The third-order valence-corrected chi connectivity index (χ3v) is 6.86. The van der Waals surface area contributed by atoms with E-state index in [2.05, 4.69) is 16.3 Å². The number of para-hydroxylation sites is 1. The Morgan fingerprint density at radius 2 is 1.69 bits per heavy atom. The summed E-state index contributed by atoms with van der Waals surface area (Å²) in [6.07, 6.45) is 0.285. The Bertz CT molecular complexity index is 1030. The van der Waals surface area contributed by atoms with Gasteiger partial charge in [0, 0.05) is 26.2 Å². The monoisotopic (exact) mass is 450 g/mol. The maximum absolute atomic E-state index is 13.2. The average Bonchev–Trinajstić information content (AvgIpc) is 3.20. The molecule has 2 amide bonds. The SMILES string of the molecule is CC(C)[C@H](NC(=O)Cc1ccccc1)C(=O)N1CCN(Cc2nc3ccccc3s2)CC1. The van der Waals surface area contributed by atoms with Crippen LogP contribution in [0.1, 0.15) is 24.4 Å². The molecule has 2 aromatic carbocycles. The van der Waals surface area contributed by atoms with Gasteiger partial charge in [-0.25, -0.2) is 4.98 Å². The van der Waals surface area contributed by atoms with Crippen molar-refractivity contribution in [2.75, 3.05) is 26.2 Å². The maximum Gasteiger partial charge on any atom is 0.245 e. The lowest BCUT2D eigenvalue weighted by atomic mass is 10.0. The number of carbonyl (C=O) groups is 2. The zero-order valence-corrected chi connectivity index (χ0v) is 19.5. The molecule has 6 nitrogen and oxygen atoms in total. The molecule has 3 aromatic rings. The summed E-state index contributed by atoms with van der Waals surface area (Å²) in [7, 11) is 0. The Kier molecular flexibility index (Phi) is 7.17. The van der Waals surface area contributed by atoms with Crippen LogP contribution in [0.25, 0.3) is 10.2 Å². The van der Waals surface area contributed by atoms with Gasteiger partial charge in [-0.2, -0.15) is 0 Å². The molecule has 0 spiro atoms. The Hall–Kier alpha value is -2.77. The van der Waals surface area contributed by atoms with E-state index in [1.807, 2.05) is 67.3 Å². The number of hydrogen-bond donors (Lipinski definition) is 1. The van der Waals surface area contributed by atoms with E-state index >= 15 is 0 Å². The Balaban J connectivity index is 1.30. The normalized spacial score (nSPS) is 15.8. The van der Waals surface area contributed by atoms with Crippen LogP contribution in [-0.4, -0.2) is 58.8 Å². The second-order valence-electron chi connectivity index (χ2n) is 8.63. The van der Waals surface area contributed by atoms with Gasteiger partial charge >= 0.3 is 0 Å². The number of thiazole rings is 1. The van der Waals surface area contributed by atoms with Crippen LogP contribution in [-0.2, 0) is 22.6 Å². The van der Waals surface area contributed by atoms with Crippen molar-refractivity contribution in [1.29, 1.82) is 0 Å². The van der Waals surface area contributed by atoms with Crippen molar-refractivity contribution in [3.63, 3.8) is 0 Å². The van der Waals surface area contributed by atoms with Crippen molar-refractivity contribution in [3.05, 3.63) is 65.2 Å². The fourth-order valence-electron chi connectivity index (χ4n) is 4.02. The van der Waals surface area contributed by atoms with Gasteiger partial charge in [-0.1, -0.05) is 56.3 Å². The topological polar surface area (TPSA) is 65.5 Å². The highest BCUT2D eigenvalue weighted by Gasteiger charge is 2.30. The number of nitrogens with zero attached hydrogens (tertiary/aromatic N) is 3. The van der Waals surface area contributed by atoms with Crippen molar-refractivity contribution in [2.24, 2.45) is 5.92 Å². The lowest BCUT2D eigenvalue weighted by Gasteiger charge is -2.37. The van der Waals surface area contributed by atoms with Crippen molar-refractivity contribution in [3.8, 4) is 0 Å². The third-order valence-electron chi connectivity index (χ3n) is 5.84. The summed E-state index contributed by atoms with van der Waals surface area (Å²) in [5, 5.41) is 4.09. The van der Waals surface area contributed by atoms with Crippen molar-refractivity contribution in [2.45, 2.75) is 32.9 Å². The van der Waals surface area contributed by atoms with Gasteiger partial charge in [0.15, 0.2) is 0 Å². The van der Waals surface area contributed by atoms with E-state index in [1.165, 1.54) is 4.70 Å². The fourth-order valence-corrected chi connectivity index (χ4v) is 5.03. The second-order valence-corrected chi connectivity index (χ2v) is 9.74. The van der Waals surface area contributed by atoms with E-state index < -0.39 is 6.04 Å². The standard InChI is InChI=1S/C25H30N4O2S/c1-18(2)24(27-22(30)16-19-8-4-3-5-9-19)25(31)29-14-12-28(13-15-29)17-23-26-20-10-6-7-11-21(20)32-23/h3-11,18,24H,12-17H2,1-2H3,(H,27,30)/t24-/m0/s1. The Morgan fingerprint density at radius 3 is 2.38 bits per heavy atom. The molecule has 0 bridgehead atoms. The molecule has 4 rings (SSSR count). The van der Waals surface area contributed by atoms with Crippen molar-refractivity contribution >= 4 is 33.4 Å². The van der Waals surface area contributed by atoms with Crippen LogP contribution in [0.4, 0.5) is 0 Å². The highest BCUT2D eigenvalue weighted by Crippen LogP contribution is 2.23. The Morgan fingerprint density at radius 1 is 1.00 bits per heavy atom. The van der Waals surface area contributed by atoms with Gasteiger partial charge < -0.3 is 10.2 Å². The van der Waals surface area contributed by atoms with E-state index in [0.717, 1.165) is 35.7 Å². The van der Waals surface area contributed by atoms with E-state index in [4.69, 9.17) is 4.98 Å². The van der Waals surface area contributed by atoms with Crippen molar-refractivity contribution in [1.82, 2.24) is 20.1 Å². The number of aromatic nitrogens is 1. The predicted octanol–water partition coefficient (Wildman–Crippen LogP) is 3.32.